The highest BCUT2D eigenvalue weighted by molar-refractivity contribution is 6.17. The highest BCUT2D eigenvalue weighted by Crippen LogP contribution is 2.54. The van der Waals surface area contributed by atoms with E-state index in [2.05, 4.69) is 0 Å². The van der Waals surface area contributed by atoms with Crippen molar-refractivity contribution >= 4 is 40.5 Å². The summed E-state index contributed by atoms with van der Waals surface area (Å²) in [4.78, 5) is 64.5. The van der Waals surface area contributed by atoms with E-state index in [1.807, 2.05) is 44.7 Å². The Balaban J connectivity index is 1.43. The Kier molecular flexibility index (Phi) is 10.9. The topological polar surface area (TPSA) is 223 Å². The third-order valence-electron chi connectivity index (χ3n) is 11.8. The van der Waals surface area contributed by atoms with Crippen LogP contribution >= 0.6 is 0 Å². The van der Waals surface area contributed by atoms with Crippen LogP contribution in [0.5, 0.6) is 11.5 Å². The van der Waals surface area contributed by atoms with E-state index in [0.29, 0.717) is 54.3 Å². The fraction of sp³-hybridized carbons (Fsp3) is 0.405. The second-order valence-corrected chi connectivity index (χ2v) is 16.0. The number of non-ortho nitro benzene ring substituents is 2. The number of nitrogens with zero attached hydrogens (tertiary/aromatic N) is 4. The van der Waals surface area contributed by atoms with Crippen molar-refractivity contribution in [2.45, 2.75) is 82.4 Å². The lowest BCUT2D eigenvalue weighted by atomic mass is 9.61. The van der Waals surface area contributed by atoms with Gasteiger partial charge in [0.1, 0.15) is 11.5 Å². The number of carboxylic acid groups (broad SMARTS) is 2. The van der Waals surface area contributed by atoms with Crippen molar-refractivity contribution in [1.82, 2.24) is 0 Å². The number of ether oxygens (including phenoxy) is 2. The summed E-state index contributed by atoms with van der Waals surface area (Å²) < 4.78 is 11.0. The zero-order valence-electron chi connectivity index (χ0n) is 33.1. The quantitative estimate of drug-likeness (QED) is 0.0650. The van der Waals surface area contributed by atoms with E-state index in [9.17, 15) is 44.8 Å². The standard InChI is InChI=1S/C42H46N4O12/c1-40(2)29-19-27(57-5)11-13-33(29)43(15-9-7-8-10-37(47)48)35(40)21-31-38(49)32(42(31,52)39(50)51)22-36-41(3,4)30-20-28(58-6)12-14-34(30)44(36)23-24-16-25(45(53)54)18-26(17-24)46(55)56/h11-14,16-22,32,35,52H,7-10,15,23H2,1-6H3,(H,47,48)(H,50,51). The van der Waals surface area contributed by atoms with Crippen LogP contribution in [0.15, 0.2) is 78.0 Å². The predicted octanol–water partition coefficient (Wildman–Crippen LogP) is 6.45. The molecule has 58 heavy (non-hydrogen) atoms. The van der Waals surface area contributed by atoms with Crippen molar-refractivity contribution in [1.29, 1.82) is 0 Å². The second kappa shape index (κ2) is 15.2. The van der Waals surface area contributed by atoms with Gasteiger partial charge in [0.05, 0.1) is 42.1 Å². The molecular formula is C42H46N4O12. The molecule has 0 amide bonds. The van der Waals surface area contributed by atoms with Crippen molar-refractivity contribution in [3.8, 4) is 11.5 Å². The van der Waals surface area contributed by atoms with Crippen LogP contribution in [0.3, 0.4) is 0 Å². The number of ketones is 1. The first-order valence-electron chi connectivity index (χ1n) is 18.8. The molecule has 3 unspecified atom stereocenters. The molecule has 2 aliphatic heterocycles. The molecule has 1 fully saturated rings. The Morgan fingerprint density at radius 2 is 1.41 bits per heavy atom. The summed E-state index contributed by atoms with van der Waals surface area (Å²) in [5.74, 6) is -3.57. The number of fused-ring (bicyclic) bond motifs is 2. The van der Waals surface area contributed by atoms with E-state index in [1.54, 1.807) is 36.3 Å². The van der Waals surface area contributed by atoms with E-state index in [0.717, 1.165) is 17.3 Å². The van der Waals surface area contributed by atoms with Gasteiger partial charge in [-0.05, 0) is 72.0 Å². The second-order valence-electron chi connectivity index (χ2n) is 16.0. The third-order valence-corrected chi connectivity index (χ3v) is 11.8. The Hall–Kier alpha value is -6.29. The number of carboxylic acids is 2. The van der Waals surface area contributed by atoms with Gasteiger partial charge < -0.3 is 34.6 Å². The lowest BCUT2D eigenvalue weighted by molar-refractivity contribution is -0.394. The fourth-order valence-electron chi connectivity index (χ4n) is 8.60. The van der Waals surface area contributed by atoms with Gasteiger partial charge in [-0.2, -0.15) is 0 Å². The summed E-state index contributed by atoms with van der Waals surface area (Å²) in [6, 6.07) is 13.5. The molecule has 1 aliphatic carbocycles. The highest BCUT2D eigenvalue weighted by Gasteiger charge is 2.63. The number of nitro benzene ring substituents is 2. The smallest absolute Gasteiger partial charge is 0.341 e. The van der Waals surface area contributed by atoms with Crippen LogP contribution < -0.4 is 19.3 Å². The van der Waals surface area contributed by atoms with Gasteiger partial charge in [0.25, 0.3) is 11.4 Å². The zero-order valence-corrected chi connectivity index (χ0v) is 33.1. The first kappa shape index (κ1) is 41.3. The maximum Gasteiger partial charge on any atom is 0.341 e. The number of unbranched alkanes of at least 4 members (excludes halogenated alkanes) is 2. The first-order chi connectivity index (χ1) is 27.3. The number of rotatable bonds is 15. The minimum atomic E-state index is -2.65. The number of methoxy groups -OCH3 is 2. The van der Waals surface area contributed by atoms with Gasteiger partial charge in [0.2, 0.25) is 5.60 Å². The van der Waals surface area contributed by atoms with Crippen molar-refractivity contribution < 1.29 is 49.0 Å². The number of allylic oxidation sites excluding steroid dienone is 1. The van der Waals surface area contributed by atoms with Gasteiger partial charge in [-0.1, -0.05) is 40.2 Å². The molecule has 16 heteroatoms. The maximum absolute atomic E-state index is 14.4. The van der Waals surface area contributed by atoms with Crippen LogP contribution in [0.4, 0.5) is 22.7 Å². The molecule has 306 valence electrons. The van der Waals surface area contributed by atoms with Crippen LogP contribution in [0, 0.1) is 26.1 Å². The summed E-state index contributed by atoms with van der Waals surface area (Å²) in [5, 5.41) is 55.5. The van der Waals surface area contributed by atoms with E-state index >= 15 is 0 Å². The molecule has 1 saturated carbocycles. The number of Topliss-reactive ketones (excluding diaryl/α,β-unsaturated/α-hetero) is 1. The van der Waals surface area contributed by atoms with Crippen molar-refractivity contribution in [2.75, 3.05) is 30.6 Å². The number of anilines is 2. The molecule has 0 spiro atoms. The van der Waals surface area contributed by atoms with Crippen molar-refractivity contribution in [3.05, 3.63) is 115 Å². The molecule has 16 nitrogen and oxygen atoms in total. The average Bonchev–Trinajstić information content (AvgIpc) is 3.51. The van der Waals surface area contributed by atoms with Crippen LogP contribution in [0.25, 0.3) is 0 Å². The number of nitro groups is 2. The van der Waals surface area contributed by atoms with Gasteiger partial charge >= 0.3 is 11.9 Å². The Morgan fingerprint density at radius 1 is 0.828 bits per heavy atom. The highest BCUT2D eigenvalue weighted by atomic mass is 16.6. The summed E-state index contributed by atoms with van der Waals surface area (Å²) in [6.45, 7) is 7.93. The number of hydrogen-bond donors (Lipinski definition) is 3. The summed E-state index contributed by atoms with van der Waals surface area (Å²) in [6.07, 6.45) is 4.70. The Labute approximate surface area is 334 Å². The molecule has 0 saturated heterocycles. The minimum absolute atomic E-state index is 0.0296. The largest absolute Gasteiger partial charge is 0.497 e. The van der Waals surface area contributed by atoms with Crippen LogP contribution in [0.1, 0.15) is 70.1 Å². The van der Waals surface area contributed by atoms with Gasteiger partial charge in [-0.25, -0.2) is 4.79 Å². The van der Waals surface area contributed by atoms with E-state index < -0.39 is 67.3 Å². The number of hydrogen-bond acceptors (Lipinski definition) is 12. The van der Waals surface area contributed by atoms with Crippen molar-refractivity contribution in [2.24, 2.45) is 5.92 Å². The molecule has 3 aliphatic rings. The number of carbonyl (C=O) groups is 3. The lowest BCUT2D eigenvalue weighted by Crippen LogP contribution is -2.62. The van der Waals surface area contributed by atoms with Gasteiger partial charge in [0, 0.05) is 65.1 Å². The number of aliphatic hydroxyl groups is 1. The molecule has 3 aromatic rings. The van der Waals surface area contributed by atoms with Crippen LogP contribution in [-0.2, 0) is 31.8 Å². The van der Waals surface area contributed by atoms with E-state index in [1.165, 1.54) is 31.4 Å². The first-order valence-corrected chi connectivity index (χ1v) is 18.8. The summed E-state index contributed by atoms with van der Waals surface area (Å²) >= 11 is 0. The molecule has 0 radical (unpaired) electrons. The normalized spacial score (nSPS) is 22.7. The molecular weight excluding hydrogens is 752 g/mol. The van der Waals surface area contributed by atoms with Gasteiger partial charge in [-0.3, -0.25) is 29.8 Å². The molecule has 3 atom stereocenters. The minimum Gasteiger partial charge on any atom is -0.497 e. The van der Waals surface area contributed by atoms with Crippen LogP contribution in [-0.4, -0.2) is 75.3 Å². The predicted molar refractivity (Wildman–Crippen MR) is 212 cm³/mol. The molecule has 3 N–H and O–H groups in total. The Morgan fingerprint density at radius 3 is 1.97 bits per heavy atom. The van der Waals surface area contributed by atoms with E-state index in [-0.39, 0.29) is 24.1 Å². The molecule has 6 rings (SSSR count). The molecule has 3 aromatic carbocycles. The van der Waals surface area contributed by atoms with Crippen molar-refractivity contribution in [3.63, 3.8) is 0 Å². The molecule has 2 heterocycles. The third kappa shape index (κ3) is 7.01. The monoisotopic (exact) mass is 798 g/mol. The summed E-state index contributed by atoms with van der Waals surface area (Å²) in [7, 11) is 3.04. The fourth-order valence-corrected chi connectivity index (χ4v) is 8.60. The number of carbonyl (C=O) groups excluding carboxylic acids is 1. The van der Waals surface area contributed by atoms with Gasteiger partial charge in [0.15, 0.2) is 5.78 Å². The SMILES string of the molecule is COc1ccc2c(c1)C(C)(C)C(=CC1C(=O)C(=CC3N(CCCCCC(=O)O)c4ccc(OC)cc4C3(C)C)C1(O)C(=O)O)N2Cc1cc([N+](=O)[O-])cc([N+](=O)[O-])c1. The molecule has 0 bridgehead atoms. The zero-order chi connectivity index (χ0) is 42.5. The van der Waals surface area contributed by atoms with E-state index in [4.69, 9.17) is 14.6 Å². The van der Waals surface area contributed by atoms with Gasteiger partial charge in [-0.15, -0.1) is 0 Å². The Bertz CT molecular complexity index is 2250. The molecule has 0 aromatic heterocycles. The lowest BCUT2D eigenvalue weighted by Gasteiger charge is -2.44. The van der Waals surface area contributed by atoms with Crippen LogP contribution in [0.2, 0.25) is 0 Å². The maximum atomic E-state index is 14.4. The number of benzene rings is 3. The summed E-state index contributed by atoms with van der Waals surface area (Å²) in [5.41, 5.74) is -1.93. The average molecular weight is 799 g/mol. The number of aliphatic carboxylic acids is 2.